The summed E-state index contributed by atoms with van der Waals surface area (Å²) in [5, 5.41) is 6.66. The molecule has 1 aromatic heterocycles. The zero-order chi connectivity index (χ0) is 18.2. The molecule has 2 aromatic rings. The molecule has 3 unspecified atom stereocenters. The first kappa shape index (κ1) is 17.0. The molecule has 2 fully saturated rings. The molecule has 0 radical (unpaired) electrons. The highest BCUT2D eigenvalue weighted by molar-refractivity contribution is 5.95. The summed E-state index contributed by atoms with van der Waals surface area (Å²) in [6, 6.07) is 8.64. The van der Waals surface area contributed by atoms with Crippen LogP contribution in [0.25, 0.3) is 11.4 Å². The van der Waals surface area contributed by atoms with Crippen molar-refractivity contribution in [1.82, 2.24) is 14.9 Å². The van der Waals surface area contributed by atoms with Crippen LogP contribution >= 0.6 is 0 Å². The maximum atomic E-state index is 12.7. The van der Waals surface area contributed by atoms with Crippen molar-refractivity contribution in [1.29, 1.82) is 0 Å². The second-order valence-corrected chi connectivity index (χ2v) is 8.35. The second kappa shape index (κ2) is 7.12. The van der Waals surface area contributed by atoms with E-state index in [-0.39, 0.29) is 11.9 Å². The van der Waals surface area contributed by atoms with Crippen LogP contribution in [0.2, 0.25) is 0 Å². The SMILES string of the molecule is O=C(Nc1ccc(-c2ncc3n2CCCC3)cc1)C1CC2CCCCC2N1. The van der Waals surface area contributed by atoms with Gasteiger partial charge < -0.3 is 15.2 Å². The fourth-order valence-corrected chi connectivity index (χ4v) is 5.12. The summed E-state index contributed by atoms with van der Waals surface area (Å²) in [6.45, 7) is 1.05. The van der Waals surface area contributed by atoms with Crippen molar-refractivity contribution in [3.8, 4) is 11.4 Å². The first-order chi connectivity index (χ1) is 13.3. The van der Waals surface area contributed by atoms with Crippen molar-refractivity contribution in [2.75, 3.05) is 5.32 Å². The molecule has 1 aliphatic carbocycles. The van der Waals surface area contributed by atoms with E-state index in [1.165, 1.54) is 44.2 Å². The Balaban J connectivity index is 1.26. The average Bonchev–Trinajstić information content (AvgIpc) is 3.33. The molecule has 5 heteroatoms. The van der Waals surface area contributed by atoms with E-state index in [2.05, 4.69) is 32.3 Å². The monoisotopic (exact) mass is 364 g/mol. The van der Waals surface area contributed by atoms with Crippen LogP contribution in [0.4, 0.5) is 5.69 Å². The molecule has 3 aliphatic rings. The molecular formula is C22H28N4O. The fraction of sp³-hybridized carbons (Fsp3) is 0.545. The number of benzene rings is 1. The average molecular weight is 364 g/mol. The number of aryl methyl sites for hydroxylation is 1. The number of nitrogens with one attached hydrogen (secondary N) is 2. The number of nitrogens with zero attached hydrogens (tertiary/aromatic N) is 2. The molecule has 0 spiro atoms. The Hall–Kier alpha value is -2.14. The summed E-state index contributed by atoms with van der Waals surface area (Å²) < 4.78 is 2.33. The van der Waals surface area contributed by atoms with Gasteiger partial charge in [-0.3, -0.25) is 4.79 Å². The number of carbonyl (C=O) groups excluding carboxylic acids is 1. The zero-order valence-corrected chi connectivity index (χ0v) is 15.8. The molecule has 1 amide bonds. The highest BCUT2D eigenvalue weighted by atomic mass is 16.2. The highest BCUT2D eigenvalue weighted by Gasteiger charge is 2.38. The van der Waals surface area contributed by atoms with Gasteiger partial charge in [0.25, 0.3) is 0 Å². The number of rotatable bonds is 3. The van der Waals surface area contributed by atoms with Gasteiger partial charge in [0.1, 0.15) is 5.82 Å². The number of anilines is 1. The molecule has 5 nitrogen and oxygen atoms in total. The number of carbonyl (C=O) groups is 1. The van der Waals surface area contributed by atoms with Gasteiger partial charge in [-0.25, -0.2) is 4.98 Å². The number of fused-ring (bicyclic) bond motifs is 2. The van der Waals surface area contributed by atoms with E-state index < -0.39 is 0 Å². The standard InChI is InChI=1S/C22H28N4O/c27-22(20-13-16-5-1-2-7-19(16)25-20)24-17-10-8-15(9-11-17)21-23-14-18-6-3-4-12-26(18)21/h8-11,14,16,19-20,25H,1-7,12-13H2,(H,24,27). The topological polar surface area (TPSA) is 59.0 Å². The quantitative estimate of drug-likeness (QED) is 0.872. The Kier molecular flexibility index (Phi) is 4.48. The first-order valence-corrected chi connectivity index (χ1v) is 10.5. The number of hydrogen-bond donors (Lipinski definition) is 2. The molecular weight excluding hydrogens is 336 g/mol. The van der Waals surface area contributed by atoms with E-state index in [0.29, 0.717) is 12.0 Å². The number of imidazole rings is 1. The number of hydrogen-bond acceptors (Lipinski definition) is 3. The molecule has 1 saturated heterocycles. The van der Waals surface area contributed by atoms with Crippen molar-refractivity contribution in [3.05, 3.63) is 36.2 Å². The van der Waals surface area contributed by atoms with Crippen LogP contribution in [0, 0.1) is 5.92 Å². The van der Waals surface area contributed by atoms with Crippen molar-refractivity contribution in [3.63, 3.8) is 0 Å². The molecule has 1 saturated carbocycles. The van der Waals surface area contributed by atoms with Gasteiger partial charge in [0, 0.05) is 35.7 Å². The normalized spacial score (nSPS) is 27.0. The molecule has 142 valence electrons. The van der Waals surface area contributed by atoms with Crippen LogP contribution in [0.15, 0.2) is 30.5 Å². The molecule has 3 heterocycles. The highest BCUT2D eigenvalue weighted by Crippen LogP contribution is 2.33. The lowest BCUT2D eigenvalue weighted by atomic mass is 9.85. The molecule has 0 bridgehead atoms. The van der Waals surface area contributed by atoms with Crippen LogP contribution in [0.3, 0.4) is 0 Å². The Morgan fingerprint density at radius 3 is 2.81 bits per heavy atom. The summed E-state index contributed by atoms with van der Waals surface area (Å²) in [7, 11) is 0. The van der Waals surface area contributed by atoms with Gasteiger partial charge in [0.05, 0.1) is 6.04 Å². The summed E-state index contributed by atoms with van der Waals surface area (Å²) in [6.07, 6.45) is 11.7. The van der Waals surface area contributed by atoms with E-state index >= 15 is 0 Å². The summed E-state index contributed by atoms with van der Waals surface area (Å²) in [5.41, 5.74) is 3.32. The minimum absolute atomic E-state index is 0.0444. The second-order valence-electron chi connectivity index (χ2n) is 8.35. The van der Waals surface area contributed by atoms with E-state index in [1.54, 1.807) is 0 Å². The van der Waals surface area contributed by atoms with Crippen molar-refractivity contribution in [2.45, 2.75) is 70.0 Å². The Labute approximate surface area is 160 Å². The van der Waals surface area contributed by atoms with Gasteiger partial charge >= 0.3 is 0 Å². The van der Waals surface area contributed by atoms with Gasteiger partial charge in [-0.05, 0) is 68.7 Å². The largest absolute Gasteiger partial charge is 0.328 e. The molecule has 5 rings (SSSR count). The lowest BCUT2D eigenvalue weighted by Crippen LogP contribution is -2.39. The van der Waals surface area contributed by atoms with E-state index in [4.69, 9.17) is 0 Å². The Bertz CT molecular complexity index is 811. The molecule has 27 heavy (non-hydrogen) atoms. The zero-order valence-electron chi connectivity index (χ0n) is 15.8. The van der Waals surface area contributed by atoms with E-state index in [0.717, 1.165) is 36.5 Å². The Morgan fingerprint density at radius 2 is 1.96 bits per heavy atom. The van der Waals surface area contributed by atoms with Crippen LogP contribution < -0.4 is 10.6 Å². The van der Waals surface area contributed by atoms with E-state index in [1.807, 2.05) is 18.3 Å². The van der Waals surface area contributed by atoms with Crippen LogP contribution in [-0.4, -0.2) is 27.5 Å². The maximum Gasteiger partial charge on any atom is 0.241 e. The molecule has 2 aliphatic heterocycles. The van der Waals surface area contributed by atoms with Crippen LogP contribution in [-0.2, 0) is 17.8 Å². The van der Waals surface area contributed by atoms with Gasteiger partial charge in [-0.1, -0.05) is 12.8 Å². The van der Waals surface area contributed by atoms with E-state index in [9.17, 15) is 4.79 Å². The van der Waals surface area contributed by atoms with Gasteiger partial charge in [0.2, 0.25) is 5.91 Å². The summed E-state index contributed by atoms with van der Waals surface area (Å²) in [4.78, 5) is 17.3. The fourth-order valence-electron chi connectivity index (χ4n) is 5.12. The smallest absolute Gasteiger partial charge is 0.241 e. The number of aromatic nitrogens is 2. The molecule has 3 atom stereocenters. The third-order valence-corrected chi connectivity index (χ3v) is 6.59. The third-order valence-electron chi connectivity index (χ3n) is 6.59. The van der Waals surface area contributed by atoms with Crippen LogP contribution in [0.1, 0.15) is 50.6 Å². The van der Waals surface area contributed by atoms with Crippen molar-refractivity contribution < 1.29 is 4.79 Å². The predicted octanol–water partition coefficient (Wildman–Crippen LogP) is 3.75. The number of amides is 1. The first-order valence-electron chi connectivity index (χ1n) is 10.5. The lowest BCUT2D eigenvalue weighted by molar-refractivity contribution is -0.117. The van der Waals surface area contributed by atoms with Crippen molar-refractivity contribution in [2.24, 2.45) is 5.92 Å². The molecule has 1 aromatic carbocycles. The van der Waals surface area contributed by atoms with Gasteiger partial charge in [-0.15, -0.1) is 0 Å². The van der Waals surface area contributed by atoms with Crippen LogP contribution in [0.5, 0.6) is 0 Å². The molecule has 2 N–H and O–H groups in total. The van der Waals surface area contributed by atoms with Gasteiger partial charge in [-0.2, -0.15) is 0 Å². The lowest BCUT2D eigenvalue weighted by Gasteiger charge is -2.24. The third kappa shape index (κ3) is 3.29. The minimum Gasteiger partial charge on any atom is -0.328 e. The predicted molar refractivity (Wildman–Crippen MR) is 107 cm³/mol. The minimum atomic E-state index is -0.0444. The van der Waals surface area contributed by atoms with Gasteiger partial charge in [0.15, 0.2) is 0 Å². The van der Waals surface area contributed by atoms with Crippen molar-refractivity contribution >= 4 is 11.6 Å². The summed E-state index contributed by atoms with van der Waals surface area (Å²) >= 11 is 0. The Morgan fingerprint density at radius 1 is 1.11 bits per heavy atom. The summed E-state index contributed by atoms with van der Waals surface area (Å²) in [5.74, 6) is 1.84. The maximum absolute atomic E-state index is 12.7.